The minimum absolute atomic E-state index is 2.88. The number of phosphoric ester groups is 4. The van der Waals surface area contributed by atoms with Gasteiger partial charge < -0.3 is 59.1 Å². The molecule has 24 nitrogen and oxygen atoms in total. The third-order valence-corrected chi connectivity index (χ3v) is 8.85. The summed E-state index contributed by atoms with van der Waals surface area (Å²) in [6.45, 7) is 0. The smallest absolute Gasteiger partial charge is 0.387 e. The second-order valence-corrected chi connectivity index (χ2v) is 14.3. The highest BCUT2D eigenvalue weighted by atomic mass is 31.3. The molecule has 30 heteroatoms. The molecule has 1 aliphatic rings. The lowest BCUT2D eigenvalue weighted by Crippen LogP contribution is -2.65. The lowest BCUT2D eigenvalue weighted by Gasteiger charge is -2.46. The number of aliphatic hydroxyl groups excluding tert-OH is 2. The van der Waals surface area contributed by atoms with Gasteiger partial charge in [-0.3, -0.25) is 18.1 Å². The van der Waals surface area contributed by atoms with E-state index in [4.69, 9.17) is 39.1 Å². The van der Waals surface area contributed by atoms with E-state index in [0.717, 1.165) is 0 Å². The molecule has 1 rings (SSSR count). The van der Waals surface area contributed by atoms with Gasteiger partial charge in [0.05, 0.1) is 0 Å². The predicted octanol–water partition coefficient (Wildman–Crippen LogP) is -3.13. The van der Waals surface area contributed by atoms with Gasteiger partial charge in [0.2, 0.25) is 0 Å². The summed E-state index contributed by atoms with van der Waals surface area (Å²) in [5, 5.41) is 20.3. The minimum Gasteiger partial charge on any atom is -0.387 e. The lowest BCUT2D eigenvalue weighted by molar-refractivity contribution is -0.208. The molecule has 1 fully saturated rings. The summed E-state index contributed by atoms with van der Waals surface area (Å²) in [5.41, 5.74) is 0. The quantitative estimate of drug-likeness (QED) is 0.0920. The van der Waals surface area contributed by atoms with Gasteiger partial charge in [-0.15, -0.1) is 0 Å². The van der Waals surface area contributed by atoms with Gasteiger partial charge in [-0.2, -0.15) is 8.62 Å². The van der Waals surface area contributed by atoms with Crippen molar-refractivity contribution in [3.8, 4) is 0 Å². The van der Waals surface area contributed by atoms with Crippen molar-refractivity contribution < 1.29 is 113 Å². The summed E-state index contributed by atoms with van der Waals surface area (Å²) in [5.74, 6) is 0. The van der Waals surface area contributed by atoms with Crippen LogP contribution < -0.4 is 0 Å². The van der Waals surface area contributed by atoms with Crippen LogP contribution in [0, 0.1) is 0 Å². The monoisotopic (exact) mass is 660 g/mol. The minimum atomic E-state index is -6.24. The standard InChI is InChI=1S/C6H18O24P6/c7-1-2(8)4(26-32(12,13)14)6(28-36(23,24)30-34(18,19)20)5(3(1)25-31(9,10)11)27-35(21,22)29-33(15,16)17/h1-8H,(H,21,22)(H,23,24)(H2,9,10,11)(H2,12,13,14)(H2,15,16,17)(H2,18,19,20)/t1-,2-,3-,4+,5-,6-/m1/s1. The van der Waals surface area contributed by atoms with Gasteiger partial charge in [-0.1, -0.05) is 0 Å². The van der Waals surface area contributed by atoms with Crippen molar-refractivity contribution in [2.75, 3.05) is 0 Å². The van der Waals surface area contributed by atoms with E-state index in [2.05, 4.69) is 26.7 Å². The van der Waals surface area contributed by atoms with Crippen molar-refractivity contribution in [1.29, 1.82) is 0 Å². The molecule has 0 heterocycles. The highest BCUT2D eigenvalue weighted by Gasteiger charge is 2.60. The van der Waals surface area contributed by atoms with E-state index in [1.54, 1.807) is 0 Å². The molecular formula is C6H18O24P6. The Labute approximate surface area is 197 Å². The molecule has 0 aromatic heterocycles. The molecule has 1 aliphatic carbocycles. The Morgan fingerprint density at radius 3 is 0.833 bits per heavy atom. The first-order chi connectivity index (χ1) is 15.6. The normalized spacial score (nSPS) is 32.0. The average molecular weight is 660 g/mol. The van der Waals surface area contributed by atoms with Crippen LogP contribution in [0.15, 0.2) is 0 Å². The Balaban J connectivity index is 3.74. The fourth-order valence-electron chi connectivity index (χ4n) is 2.57. The van der Waals surface area contributed by atoms with Crippen LogP contribution in [-0.4, -0.2) is 95.8 Å². The zero-order chi connectivity index (χ0) is 28.7. The van der Waals surface area contributed by atoms with Gasteiger partial charge in [-0.05, 0) is 0 Å². The fraction of sp³-hybridized carbons (Fsp3) is 1.00. The zero-order valence-corrected chi connectivity index (χ0v) is 21.8. The molecule has 0 aromatic carbocycles. The van der Waals surface area contributed by atoms with Crippen LogP contribution >= 0.6 is 46.9 Å². The molecule has 0 spiro atoms. The first-order valence-electron chi connectivity index (χ1n) is 8.02. The van der Waals surface area contributed by atoms with Gasteiger partial charge in [0.25, 0.3) is 0 Å². The highest BCUT2D eigenvalue weighted by molar-refractivity contribution is 7.61. The van der Waals surface area contributed by atoms with E-state index in [9.17, 15) is 47.4 Å². The maximum Gasteiger partial charge on any atom is 0.481 e. The number of hydrogen-bond donors (Lipinski definition) is 12. The highest BCUT2D eigenvalue weighted by Crippen LogP contribution is 2.63. The summed E-state index contributed by atoms with van der Waals surface area (Å²) in [6.07, 6.45) is -18.0. The van der Waals surface area contributed by atoms with Gasteiger partial charge in [0.1, 0.15) is 36.6 Å². The van der Waals surface area contributed by atoms with Crippen LogP contribution in [0.25, 0.3) is 0 Å². The largest absolute Gasteiger partial charge is 0.481 e. The summed E-state index contributed by atoms with van der Waals surface area (Å²) >= 11 is 0. The van der Waals surface area contributed by atoms with Crippen LogP contribution in [0.1, 0.15) is 0 Å². The topological polar surface area (TPSA) is 401 Å². The molecule has 0 bridgehead atoms. The molecule has 0 radical (unpaired) electrons. The fourth-order valence-corrected chi connectivity index (χ4v) is 7.25. The molecule has 0 amide bonds. The van der Waals surface area contributed by atoms with Crippen LogP contribution in [0.2, 0.25) is 0 Å². The van der Waals surface area contributed by atoms with E-state index < -0.39 is 83.6 Å². The summed E-state index contributed by atoms with van der Waals surface area (Å²) in [4.78, 5) is 90.0. The second kappa shape index (κ2) is 11.6. The number of aliphatic hydroxyl groups is 2. The van der Waals surface area contributed by atoms with Crippen molar-refractivity contribution in [3.05, 3.63) is 0 Å². The molecular weight excluding hydrogens is 642 g/mol. The molecule has 0 aliphatic heterocycles. The SMILES string of the molecule is O=P(O)(O)O[C@@H]1[C@H](O)[C@@H](O)[C@H](OP(=O)(O)O)[C@@H](OP(=O)(O)OP(=O)(O)O)[C@@H]1OP(=O)(O)OP(=O)(O)O. The summed E-state index contributed by atoms with van der Waals surface area (Å²) in [6, 6.07) is 0. The summed E-state index contributed by atoms with van der Waals surface area (Å²) < 4.78 is 91.6. The second-order valence-electron chi connectivity index (χ2n) is 6.32. The first kappa shape index (κ1) is 34.7. The van der Waals surface area contributed by atoms with E-state index in [0.29, 0.717) is 0 Å². The number of rotatable bonds is 12. The molecule has 0 aromatic rings. The van der Waals surface area contributed by atoms with E-state index in [-0.39, 0.29) is 0 Å². The molecule has 8 atom stereocenters. The van der Waals surface area contributed by atoms with Gasteiger partial charge in [0.15, 0.2) is 0 Å². The van der Waals surface area contributed by atoms with Crippen molar-refractivity contribution >= 4 is 46.9 Å². The van der Waals surface area contributed by atoms with E-state index >= 15 is 0 Å². The van der Waals surface area contributed by atoms with Crippen molar-refractivity contribution in [1.82, 2.24) is 0 Å². The maximum absolute atomic E-state index is 12.0. The number of hydrogen-bond acceptors (Lipinski definition) is 14. The van der Waals surface area contributed by atoms with E-state index in [1.165, 1.54) is 0 Å². The predicted molar refractivity (Wildman–Crippen MR) is 102 cm³/mol. The molecule has 0 saturated heterocycles. The first-order valence-corrected chi connectivity index (χ1v) is 17.1. The van der Waals surface area contributed by atoms with Crippen molar-refractivity contribution in [2.24, 2.45) is 0 Å². The van der Waals surface area contributed by atoms with Gasteiger partial charge >= 0.3 is 46.9 Å². The molecule has 12 N–H and O–H groups in total. The maximum atomic E-state index is 12.0. The molecule has 2 unspecified atom stereocenters. The summed E-state index contributed by atoms with van der Waals surface area (Å²) in [7, 11) is -36.1. The Bertz CT molecular complexity index is 975. The molecule has 216 valence electrons. The van der Waals surface area contributed by atoms with Gasteiger partial charge in [0, 0.05) is 0 Å². The average Bonchev–Trinajstić information content (AvgIpc) is 2.52. The third-order valence-electron chi connectivity index (χ3n) is 3.44. The zero-order valence-electron chi connectivity index (χ0n) is 16.4. The van der Waals surface area contributed by atoms with Crippen LogP contribution in [0.3, 0.4) is 0 Å². The van der Waals surface area contributed by atoms with Crippen molar-refractivity contribution in [2.45, 2.75) is 36.6 Å². The van der Waals surface area contributed by atoms with E-state index in [1.807, 2.05) is 0 Å². The van der Waals surface area contributed by atoms with Crippen LogP contribution in [0.5, 0.6) is 0 Å². The Hall–Kier alpha value is 0.660. The van der Waals surface area contributed by atoms with Crippen molar-refractivity contribution in [3.63, 3.8) is 0 Å². The number of phosphoric acid groups is 6. The molecule has 1 saturated carbocycles. The van der Waals surface area contributed by atoms with Crippen LogP contribution in [0.4, 0.5) is 0 Å². The Morgan fingerprint density at radius 2 is 0.639 bits per heavy atom. The third kappa shape index (κ3) is 12.2. The lowest BCUT2D eigenvalue weighted by atomic mass is 9.85. The Morgan fingerprint density at radius 1 is 0.389 bits per heavy atom. The van der Waals surface area contributed by atoms with Gasteiger partial charge in [-0.25, -0.2) is 27.4 Å². The Kier molecular flexibility index (Phi) is 11.2. The molecule has 36 heavy (non-hydrogen) atoms. The van der Waals surface area contributed by atoms with Crippen LogP contribution in [-0.2, 0) is 54.1 Å².